The van der Waals surface area contributed by atoms with Gasteiger partial charge in [0.15, 0.2) is 6.61 Å². The molecule has 0 saturated heterocycles. The summed E-state index contributed by atoms with van der Waals surface area (Å²) in [6.07, 6.45) is 3.91. The molecule has 2 unspecified atom stereocenters. The Morgan fingerprint density at radius 3 is 2.60 bits per heavy atom. The Labute approximate surface area is 150 Å². The minimum absolute atomic E-state index is 0.0145. The molecular formula is C20H29NO4. The molecule has 5 nitrogen and oxygen atoms in total. The highest BCUT2D eigenvalue weighted by Crippen LogP contribution is 2.30. The number of nitrogens with one attached hydrogen (secondary N) is 1. The van der Waals surface area contributed by atoms with Crippen molar-refractivity contribution in [1.29, 1.82) is 0 Å². The summed E-state index contributed by atoms with van der Waals surface area (Å²) >= 11 is 0. The van der Waals surface area contributed by atoms with Gasteiger partial charge in [-0.2, -0.15) is 0 Å². The van der Waals surface area contributed by atoms with Crippen LogP contribution in [0.3, 0.4) is 0 Å². The zero-order chi connectivity index (χ0) is 18.4. The monoisotopic (exact) mass is 347 g/mol. The van der Waals surface area contributed by atoms with E-state index in [0.717, 1.165) is 48.1 Å². The standard InChI is InChI=1S/C20H29NO4/c1-13-9-14(2)15(3)18(10-13)25-12-19(22)21-11-16-7-5-6-8-17(16)20(23)24-4/h9-10,16-17H,5-8,11-12H2,1-4H3,(H,21,22). The number of ether oxygens (including phenoxy) is 2. The third-order valence-electron chi connectivity index (χ3n) is 5.10. The molecule has 138 valence electrons. The van der Waals surface area contributed by atoms with Crippen molar-refractivity contribution >= 4 is 11.9 Å². The van der Waals surface area contributed by atoms with Crippen molar-refractivity contribution in [1.82, 2.24) is 5.32 Å². The van der Waals surface area contributed by atoms with Crippen LogP contribution in [0.25, 0.3) is 0 Å². The second-order valence-corrected chi connectivity index (χ2v) is 6.97. The number of methoxy groups -OCH3 is 1. The van der Waals surface area contributed by atoms with Crippen molar-refractivity contribution in [3.8, 4) is 5.75 Å². The van der Waals surface area contributed by atoms with E-state index in [-0.39, 0.29) is 30.3 Å². The molecule has 1 fully saturated rings. The van der Waals surface area contributed by atoms with Crippen LogP contribution in [-0.4, -0.2) is 32.1 Å². The minimum Gasteiger partial charge on any atom is -0.483 e. The van der Waals surface area contributed by atoms with E-state index in [1.54, 1.807) is 0 Å². The minimum atomic E-state index is -0.166. The van der Waals surface area contributed by atoms with Gasteiger partial charge >= 0.3 is 5.97 Å². The highest BCUT2D eigenvalue weighted by Gasteiger charge is 2.31. The SMILES string of the molecule is COC(=O)C1CCCCC1CNC(=O)COc1cc(C)cc(C)c1C. The first-order chi connectivity index (χ1) is 11.9. The summed E-state index contributed by atoms with van der Waals surface area (Å²) in [7, 11) is 1.42. The van der Waals surface area contributed by atoms with Crippen LogP contribution in [0.2, 0.25) is 0 Å². The summed E-state index contributed by atoms with van der Waals surface area (Å²) in [4.78, 5) is 24.0. The first-order valence-electron chi connectivity index (χ1n) is 8.97. The Bertz CT molecular complexity index is 626. The lowest BCUT2D eigenvalue weighted by Crippen LogP contribution is -2.39. The van der Waals surface area contributed by atoms with Gasteiger partial charge in [-0.15, -0.1) is 0 Å². The van der Waals surface area contributed by atoms with Crippen molar-refractivity contribution in [3.63, 3.8) is 0 Å². The molecule has 1 aromatic rings. The largest absolute Gasteiger partial charge is 0.483 e. The molecular weight excluding hydrogens is 318 g/mol. The molecule has 2 atom stereocenters. The van der Waals surface area contributed by atoms with Gasteiger partial charge in [-0.05, 0) is 62.3 Å². The second-order valence-electron chi connectivity index (χ2n) is 6.97. The highest BCUT2D eigenvalue weighted by molar-refractivity contribution is 5.78. The fraction of sp³-hybridized carbons (Fsp3) is 0.600. The summed E-state index contributed by atoms with van der Waals surface area (Å²) in [6.45, 7) is 6.51. The maximum absolute atomic E-state index is 12.1. The molecule has 1 aromatic carbocycles. The number of aryl methyl sites for hydroxylation is 2. The summed E-state index contributed by atoms with van der Waals surface area (Å²) in [5.41, 5.74) is 3.32. The Hall–Kier alpha value is -2.04. The normalized spacial score (nSPS) is 20.0. The van der Waals surface area contributed by atoms with Crippen molar-refractivity contribution in [3.05, 3.63) is 28.8 Å². The molecule has 0 radical (unpaired) electrons. The lowest BCUT2D eigenvalue weighted by atomic mass is 9.79. The first kappa shape index (κ1) is 19.3. The number of hydrogen-bond donors (Lipinski definition) is 1. The fourth-order valence-corrected chi connectivity index (χ4v) is 3.50. The average molecular weight is 347 g/mol. The summed E-state index contributed by atoms with van der Waals surface area (Å²) < 4.78 is 10.6. The number of rotatable bonds is 6. The number of benzene rings is 1. The van der Waals surface area contributed by atoms with Gasteiger partial charge in [0.2, 0.25) is 0 Å². The maximum Gasteiger partial charge on any atom is 0.309 e. The van der Waals surface area contributed by atoms with Gasteiger partial charge in [0.05, 0.1) is 13.0 Å². The molecule has 5 heteroatoms. The number of carbonyl (C=O) groups excluding carboxylic acids is 2. The van der Waals surface area contributed by atoms with E-state index in [2.05, 4.69) is 11.4 Å². The van der Waals surface area contributed by atoms with Crippen LogP contribution in [0.15, 0.2) is 12.1 Å². The number of amides is 1. The van der Waals surface area contributed by atoms with E-state index >= 15 is 0 Å². The topological polar surface area (TPSA) is 64.6 Å². The van der Waals surface area contributed by atoms with Gasteiger partial charge in [-0.25, -0.2) is 0 Å². The smallest absolute Gasteiger partial charge is 0.309 e. The third kappa shape index (κ3) is 5.21. The Morgan fingerprint density at radius 1 is 1.16 bits per heavy atom. The van der Waals surface area contributed by atoms with Crippen LogP contribution in [-0.2, 0) is 14.3 Å². The van der Waals surface area contributed by atoms with Crippen LogP contribution in [0.1, 0.15) is 42.4 Å². The molecule has 1 N–H and O–H groups in total. The van der Waals surface area contributed by atoms with Crippen molar-refractivity contribution in [2.75, 3.05) is 20.3 Å². The van der Waals surface area contributed by atoms with Gasteiger partial charge in [-0.1, -0.05) is 18.9 Å². The van der Waals surface area contributed by atoms with Crippen molar-refractivity contribution in [2.24, 2.45) is 11.8 Å². The lowest BCUT2D eigenvalue weighted by Gasteiger charge is -2.29. The predicted octanol–water partition coefficient (Wildman–Crippen LogP) is 3.09. The summed E-state index contributed by atoms with van der Waals surface area (Å²) in [5.74, 6) is 0.460. The molecule has 1 aliphatic rings. The zero-order valence-electron chi connectivity index (χ0n) is 15.7. The molecule has 0 bridgehead atoms. The Balaban J connectivity index is 1.85. The molecule has 0 heterocycles. The molecule has 1 aliphatic carbocycles. The van der Waals surface area contributed by atoms with Gasteiger partial charge in [0.1, 0.15) is 5.75 Å². The average Bonchev–Trinajstić information content (AvgIpc) is 2.61. The van der Waals surface area contributed by atoms with E-state index in [0.29, 0.717) is 6.54 Å². The molecule has 1 saturated carbocycles. The van der Waals surface area contributed by atoms with Gasteiger partial charge < -0.3 is 14.8 Å². The van der Waals surface area contributed by atoms with E-state index < -0.39 is 0 Å². The van der Waals surface area contributed by atoms with E-state index in [1.807, 2.05) is 26.8 Å². The number of esters is 1. The summed E-state index contributed by atoms with van der Waals surface area (Å²) in [5, 5.41) is 2.91. The van der Waals surface area contributed by atoms with E-state index in [1.165, 1.54) is 7.11 Å². The predicted molar refractivity (Wildman–Crippen MR) is 96.6 cm³/mol. The van der Waals surface area contributed by atoms with Gasteiger partial charge in [-0.3, -0.25) is 9.59 Å². The Kier molecular flexibility index (Phi) is 6.85. The second kappa shape index (κ2) is 8.88. The van der Waals surface area contributed by atoms with E-state index in [9.17, 15) is 9.59 Å². The molecule has 0 aromatic heterocycles. The van der Waals surface area contributed by atoms with E-state index in [4.69, 9.17) is 9.47 Å². The number of hydrogen-bond acceptors (Lipinski definition) is 4. The van der Waals surface area contributed by atoms with Crippen LogP contribution in [0.5, 0.6) is 5.75 Å². The molecule has 0 spiro atoms. The molecule has 0 aliphatic heterocycles. The maximum atomic E-state index is 12.1. The first-order valence-corrected chi connectivity index (χ1v) is 8.97. The zero-order valence-corrected chi connectivity index (χ0v) is 15.7. The van der Waals surface area contributed by atoms with Crippen LogP contribution in [0, 0.1) is 32.6 Å². The van der Waals surface area contributed by atoms with Crippen molar-refractivity contribution < 1.29 is 19.1 Å². The fourth-order valence-electron chi connectivity index (χ4n) is 3.50. The Morgan fingerprint density at radius 2 is 1.88 bits per heavy atom. The van der Waals surface area contributed by atoms with Crippen molar-refractivity contribution in [2.45, 2.75) is 46.5 Å². The highest BCUT2D eigenvalue weighted by atomic mass is 16.5. The molecule has 2 rings (SSSR count). The lowest BCUT2D eigenvalue weighted by molar-refractivity contribution is -0.148. The third-order valence-corrected chi connectivity index (χ3v) is 5.10. The van der Waals surface area contributed by atoms with Crippen LogP contribution >= 0.6 is 0 Å². The van der Waals surface area contributed by atoms with Gasteiger partial charge in [0, 0.05) is 6.54 Å². The van der Waals surface area contributed by atoms with Crippen LogP contribution in [0.4, 0.5) is 0 Å². The summed E-state index contributed by atoms with van der Waals surface area (Å²) in [6, 6.07) is 4.04. The van der Waals surface area contributed by atoms with Gasteiger partial charge in [0.25, 0.3) is 5.91 Å². The molecule has 1 amide bonds. The quantitative estimate of drug-likeness (QED) is 0.803. The molecule has 25 heavy (non-hydrogen) atoms. The van der Waals surface area contributed by atoms with Crippen LogP contribution < -0.4 is 10.1 Å². The number of carbonyl (C=O) groups is 2.